The number of ether oxygens (including phenoxy) is 3. The number of hydrogen-bond acceptors (Lipinski definition) is 5. The summed E-state index contributed by atoms with van der Waals surface area (Å²) < 4.78 is 17.4. The first-order chi connectivity index (χ1) is 14.0. The molecule has 0 unspecified atom stereocenters. The molecule has 0 amide bonds. The highest BCUT2D eigenvalue weighted by atomic mass is 35.5. The van der Waals surface area contributed by atoms with Gasteiger partial charge in [-0.3, -0.25) is 4.79 Å². The van der Waals surface area contributed by atoms with Gasteiger partial charge in [0, 0.05) is 23.9 Å². The minimum atomic E-state index is -0.839. The van der Waals surface area contributed by atoms with Gasteiger partial charge in [-0.25, -0.2) is 0 Å². The average molecular weight is 410 g/mol. The van der Waals surface area contributed by atoms with Crippen molar-refractivity contribution >= 4 is 17.6 Å². The summed E-state index contributed by atoms with van der Waals surface area (Å²) in [6.07, 6.45) is 3.00. The lowest BCUT2D eigenvalue weighted by Crippen LogP contribution is -2.32. The van der Waals surface area contributed by atoms with Gasteiger partial charge in [-0.15, -0.1) is 0 Å². The quantitative estimate of drug-likeness (QED) is 0.545. The van der Waals surface area contributed by atoms with Crippen molar-refractivity contribution in [3.63, 3.8) is 0 Å². The largest absolute Gasteiger partial charge is 0.461 e. The van der Waals surface area contributed by atoms with Crippen molar-refractivity contribution in [1.82, 2.24) is 0 Å². The number of carbonyl (C=O) groups excluding carboxylic acids is 1. The Morgan fingerprint density at radius 2 is 2.10 bits per heavy atom. The number of rotatable bonds is 5. The molecule has 0 N–H and O–H groups in total. The molecule has 0 aromatic heterocycles. The highest BCUT2D eigenvalue weighted by Gasteiger charge is 2.47. The molecule has 148 valence electrons. The van der Waals surface area contributed by atoms with E-state index >= 15 is 0 Å². The predicted molar refractivity (Wildman–Crippen MR) is 107 cm³/mol. The minimum absolute atomic E-state index is 0.222. The molecule has 2 aliphatic heterocycles. The highest BCUT2D eigenvalue weighted by molar-refractivity contribution is 6.31. The van der Waals surface area contributed by atoms with Crippen molar-refractivity contribution in [2.75, 3.05) is 13.2 Å². The Bertz CT molecular complexity index is 1010. The minimum Gasteiger partial charge on any atom is -0.461 e. The molecule has 2 aromatic carbocycles. The van der Waals surface area contributed by atoms with Gasteiger partial charge in [0.1, 0.15) is 12.7 Å². The molecule has 6 heteroatoms. The van der Waals surface area contributed by atoms with E-state index in [-0.39, 0.29) is 18.7 Å². The number of carbonyl (C=O) groups is 1. The zero-order valence-electron chi connectivity index (χ0n) is 16.0. The summed E-state index contributed by atoms with van der Waals surface area (Å²) in [7, 11) is 0. The molecule has 2 bridgehead atoms. The van der Waals surface area contributed by atoms with Crippen LogP contribution in [0.1, 0.15) is 35.6 Å². The van der Waals surface area contributed by atoms with Gasteiger partial charge < -0.3 is 14.2 Å². The first kappa shape index (κ1) is 19.7. The number of nitriles is 1. The number of nitrogens with zero attached hydrogens (tertiary/aromatic N) is 1. The number of fused-ring (bicyclic) bond motifs is 2. The van der Waals surface area contributed by atoms with Gasteiger partial charge in [-0.1, -0.05) is 35.9 Å². The van der Waals surface area contributed by atoms with Crippen LogP contribution in [-0.2, 0) is 31.2 Å². The lowest BCUT2D eigenvalue weighted by Gasteiger charge is -2.31. The number of esters is 1. The average Bonchev–Trinajstić information content (AvgIpc) is 3.08. The SMILES string of the molecule is CC(=O)OCC1=CC[C@]2(c3ccc(Cl)c(Cc4ccc(C#N)cc4)c3)OC[C@@H]1O2. The van der Waals surface area contributed by atoms with Crippen molar-refractivity contribution < 1.29 is 19.0 Å². The molecule has 0 saturated carbocycles. The maximum atomic E-state index is 11.1. The van der Waals surface area contributed by atoms with Crippen LogP contribution in [-0.4, -0.2) is 25.3 Å². The van der Waals surface area contributed by atoms with Crippen molar-refractivity contribution in [3.05, 3.63) is 81.4 Å². The van der Waals surface area contributed by atoms with Crippen LogP contribution in [0.5, 0.6) is 0 Å². The lowest BCUT2D eigenvalue weighted by atomic mass is 9.94. The van der Waals surface area contributed by atoms with Gasteiger partial charge in [0.05, 0.1) is 18.2 Å². The summed E-state index contributed by atoms with van der Waals surface area (Å²) in [5.74, 6) is -1.15. The second kappa shape index (κ2) is 8.00. The molecule has 0 aliphatic carbocycles. The molecule has 0 radical (unpaired) electrons. The fourth-order valence-electron chi connectivity index (χ4n) is 3.67. The van der Waals surface area contributed by atoms with Crippen molar-refractivity contribution in [3.8, 4) is 6.07 Å². The van der Waals surface area contributed by atoms with Gasteiger partial charge >= 0.3 is 5.97 Å². The topological polar surface area (TPSA) is 68.6 Å². The van der Waals surface area contributed by atoms with Crippen LogP contribution >= 0.6 is 11.6 Å². The van der Waals surface area contributed by atoms with Gasteiger partial charge in [-0.05, 0) is 47.4 Å². The van der Waals surface area contributed by atoms with E-state index in [1.165, 1.54) is 6.92 Å². The van der Waals surface area contributed by atoms with Crippen molar-refractivity contribution in [2.45, 2.75) is 31.7 Å². The molecular weight excluding hydrogens is 390 g/mol. The third-order valence-electron chi connectivity index (χ3n) is 5.25. The molecule has 2 aliphatic rings. The van der Waals surface area contributed by atoms with E-state index < -0.39 is 5.79 Å². The van der Waals surface area contributed by atoms with Crippen molar-refractivity contribution in [2.24, 2.45) is 0 Å². The van der Waals surface area contributed by atoms with Gasteiger partial charge in [-0.2, -0.15) is 5.26 Å². The molecule has 4 rings (SSSR count). The van der Waals surface area contributed by atoms with Crippen molar-refractivity contribution in [1.29, 1.82) is 5.26 Å². The first-order valence-electron chi connectivity index (χ1n) is 9.41. The number of hydrogen-bond donors (Lipinski definition) is 0. The van der Waals surface area contributed by atoms with Gasteiger partial charge in [0.25, 0.3) is 0 Å². The predicted octanol–water partition coefficient (Wildman–Crippen LogP) is 4.26. The Morgan fingerprint density at radius 1 is 1.31 bits per heavy atom. The van der Waals surface area contributed by atoms with E-state index in [2.05, 4.69) is 6.07 Å². The Balaban J connectivity index is 1.56. The van der Waals surface area contributed by atoms with Crippen LogP contribution < -0.4 is 0 Å². The smallest absolute Gasteiger partial charge is 0.302 e. The van der Waals surface area contributed by atoms with E-state index in [1.807, 2.05) is 36.4 Å². The molecule has 1 fully saturated rings. The second-order valence-electron chi connectivity index (χ2n) is 7.23. The molecule has 0 spiro atoms. The van der Waals surface area contributed by atoms with Gasteiger partial charge in [0.15, 0.2) is 5.79 Å². The molecule has 2 atom stereocenters. The van der Waals surface area contributed by atoms with E-state index in [9.17, 15) is 4.79 Å². The van der Waals surface area contributed by atoms with Crippen LogP contribution in [0.3, 0.4) is 0 Å². The third kappa shape index (κ3) is 4.06. The molecule has 29 heavy (non-hydrogen) atoms. The zero-order chi connectivity index (χ0) is 20.4. The summed E-state index contributed by atoms with van der Waals surface area (Å²) in [6, 6.07) is 15.4. The Kier molecular flexibility index (Phi) is 5.42. The van der Waals surface area contributed by atoms with Crippen LogP contribution in [0.4, 0.5) is 0 Å². The van der Waals surface area contributed by atoms with Crippen LogP contribution in [0.2, 0.25) is 5.02 Å². The summed E-state index contributed by atoms with van der Waals surface area (Å²) in [4.78, 5) is 11.1. The highest BCUT2D eigenvalue weighted by Crippen LogP contribution is 2.44. The Morgan fingerprint density at radius 3 is 2.83 bits per heavy atom. The monoisotopic (exact) mass is 409 g/mol. The standard InChI is InChI=1S/C23H20ClNO4/c1-15(26)27-13-18-8-9-23(28-14-22(18)29-23)20-6-7-21(24)19(11-20)10-16-2-4-17(12-25)5-3-16/h2-8,11,22H,9-10,13-14H2,1H3/t22-,23-/m0/s1. The maximum Gasteiger partial charge on any atom is 0.302 e. The second-order valence-corrected chi connectivity index (χ2v) is 7.63. The zero-order valence-corrected chi connectivity index (χ0v) is 16.7. The normalized spacial score (nSPS) is 22.7. The summed E-state index contributed by atoms with van der Waals surface area (Å²) >= 11 is 6.44. The van der Waals surface area contributed by atoms with E-state index in [0.29, 0.717) is 30.0 Å². The first-order valence-corrected chi connectivity index (χ1v) is 9.79. The van der Waals surface area contributed by atoms with E-state index in [0.717, 1.165) is 22.3 Å². The third-order valence-corrected chi connectivity index (χ3v) is 5.62. The molecule has 1 saturated heterocycles. The number of benzene rings is 2. The van der Waals surface area contributed by atoms with Crippen LogP contribution in [0.25, 0.3) is 0 Å². The van der Waals surface area contributed by atoms with E-state index in [1.54, 1.807) is 12.1 Å². The molecular formula is C23H20ClNO4. The summed E-state index contributed by atoms with van der Waals surface area (Å²) in [5, 5.41) is 9.63. The van der Waals surface area contributed by atoms with Gasteiger partial charge in [0.2, 0.25) is 0 Å². The fourth-order valence-corrected chi connectivity index (χ4v) is 3.85. The lowest BCUT2D eigenvalue weighted by molar-refractivity contribution is -0.176. The van der Waals surface area contributed by atoms with Crippen LogP contribution in [0.15, 0.2) is 54.1 Å². The molecule has 2 heterocycles. The molecule has 2 aromatic rings. The number of halogens is 1. The maximum absolute atomic E-state index is 11.1. The summed E-state index contributed by atoms with van der Waals surface area (Å²) in [5.41, 5.74) is 4.51. The fraction of sp³-hybridized carbons (Fsp3) is 0.304. The Hall–Kier alpha value is -2.65. The molecule has 5 nitrogen and oxygen atoms in total. The van der Waals surface area contributed by atoms with E-state index in [4.69, 9.17) is 31.1 Å². The summed E-state index contributed by atoms with van der Waals surface area (Å²) in [6.45, 7) is 2.04. The van der Waals surface area contributed by atoms with Crippen LogP contribution in [0, 0.1) is 11.3 Å². The Labute approximate surface area is 174 Å².